The van der Waals surface area contributed by atoms with Crippen molar-refractivity contribution >= 4 is 23.2 Å². The molecule has 0 amide bonds. The van der Waals surface area contributed by atoms with Crippen LogP contribution in [0.3, 0.4) is 0 Å². The van der Waals surface area contributed by atoms with Gasteiger partial charge in [-0.25, -0.2) is 0 Å². The van der Waals surface area contributed by atoms with Crippen LogP contribution in [0, 0.1) is 10.1 Å². The van der Waals surface area contributed by atoms with E-state index in [0.717, 1.165) is 23.1 Å². The molecule has 2 aromatic carbocycles. The van der Waals surface area contributed by atoms with Crippen molar-refractivity contribution in [1.29, 1.82) is 0 Å². The summed E-state index contributed by atoms with van der Waals surface area (Å²) in [7, 11) is 0. The molecule has 0 saturated carbocycles. The third-order valence-electron chi connectivity index (χ3n) is 4.36. The lowest BCUT2D eigenvalue weighted by Crippen LogP contribution is -1.96. The van der Waals surface area contributed by atoms with Crippen LogP contribution < -0.4 is 0 Å². The Balaban J connectivity index is 1.82. The zero-order chi connectivity index (χ0) is 20.3. The Kier molecular flexibility index (Phi) is 5.89. The highest BCUT2D eigenvalue weighted by atomic mass is 32.2. The molecule has 3 rings (SSSR count). The first-order valence-electron chi connectivity index (χ1n) is 8.77. The largest absolute Gasteiger partial charge is 0.411 e. The van der Waals surface area contributed by atoms with E-state index in [4.69, 9.17) is 4.42 Å². The van der Waals surface area contributed by atoms with Crippen molar-refractivity contribution in [3.8, 4) is 11.5 Å². The number of thioether (sulfide) groups is 1. The van der Waals surface area contributed by atoms with Gasteiger partial charge in [0.2, 0.25) is 5.89 Å². The molecular formula is C20H19N3O4S. The lowest BCUT2D eigenvalue weighted by molar-refractivity contribution is -0.384. The summed E-state index contributed by atoms with van der Waals surface area (Å²) >= 11 is 1.34. The first-order valence-corrected chi connectivity index (χ1v) is 9.65. The predicted molar refractivity (Wildman–Crippen MR) is 106 cm³/mol. The van der Waals surface area contributed by atoms with Crippen LogP contribution in [0.25, 0.3) is 11.5 Å². The highest BCUT2D eigenvalue weighted by molar-refractivity contribution is 7.99. The maximum absolute atomic E-state index is 11.6. The van der Waals surface area contributed by atoms with Gasteiger partial charge in [0.05, 0.1) is 4.92 Å². The Hall–Kier alpha value is -3.00. The number of nitro groups is 1. The van der Waals surface area contributed by atoms with E-state index in [0.29, 0.717) is 16.7 Å². The highest BCUT2D eigenvalue weighted by Gasteiger charge is 2.18. The van der Waals surface area contributed by atoms with Crippen molar-refractivity contribution in [2.24, 2.45) is 0 Å². The number of aryl methyl sites for hydroxylation is 1. The average Bonchev–Trinajstić information content (AvgIpc) is 3.15. The molecule has 1 heterocycles. The third kappa shape index (κ3) is 4.28. The van der Waals surface area contributed by atoms with Crippen LogP contribution in [0.15, 0.2) is 52.1 Å². The van der Waals surface area contributed by atoms with E-state index in [1.54, 1.807) is 18.2 Å². The average molecular weight is 397 g/mol. The summed E-state index contributed by atoms with van der Waals surface area (Å²) in [5.41, 5.74) is 3.26. The number of nitrogens with zero attached hydrogens (tertiary/aromatic N) is 3. The number of carbonyl (C=O) groups excluding carboxylic acids is 1. The maximum Gasteiger partial charge on any atom is 0.277 e. The fourth-order valence-electron chi connectivity index (χ4n) is 2.79. The quantitative estimate of drug-likeness (QED) is 0.232. The van der Waals surface area contributed by atoms with Crippen LogP contribution in [0.5, 0.6) is 0 Å². The molecule has 1 atom stereocenters. The lowest BCUT2D eigenvalue weighted by atomic mass is 10.0. The lowest BCUT2D eigenvalue weighted by Gasteiger charge is -2.08. The molecule has 3 aromatic rings. The van der Waals surface area contributed by atoms with Gasteiger partial charge < -0.3 is 4.42 Å². The summed E-state index contributed by atoms with van der Waals surface area (Å²) in [6.07, 6.45) is 0.728. The molecule has 0 aliphatic rings. The summed E-state index contributed by atoms with van der Waals surface area (Å²) in [4.78, 5) is 22.1. The number of nitro benzene ring substituents is 1. The van der Waals surface area contributed by atoms with Crippen molar-refractivity contribution in [1.82, 2.24) is 10.2 Å². The van der Waals surface area contributed by atoms with Crippen LogP contribution in [0.4, 0.5) is 5.69 Å². The molecule has 28 heavy (non-hydrogen) atoms. The molecule has 8 heteroatoms. The van der Waals surface area contributed by atoms with Gasteiger partial charge in [0.15, 0.2) is 5.78 Å². The third-order valence-corrected chi connectivity index (χ3v) is 5.35. The number of ketones is 1. The first kappa shape index (κ1) is 19.8. The van der Waals surface area contributed by atoms with E-state index >= 15 is 0 Å². The monoisotopic (exact) mass is 397 g/mol. The normalized spacial score (nSPS) is 12.0. The minimum Gasteiger partial charge on any atom is -0.411 e. The Bertz CT molecular complexity index is 1030. The summed E-state index contributed by atoms with van der Waals surface area (Å²) < 4.78 is 5.80. The topological polar surface area (TPSA) is 99.1 Å². The van der Waals surface area contributed by atoms with Crippen molar-refractivity contribution in [3.05, 3.63) is 69.3 Å². The fourth-order valence-corrected chi connectivity index (χ4v) is 3.59. The molecule has 0 bridgehead atoms. The van der Waals surface area contributed by atoms with E-state index in [1.807, 2.05) is 32.0 Å². The molecular weight excluding hydrogens is 378 g/mol. The van der Waals surface area contributed by atoms with Gasteiger partial charge in [0.25, 0.3) is 10.9 Å². The molecule has 0 aliphatic carbocycles. The molecule has 0 N–H and O–H groups in total. The summed E-state index contributed by atoms with van der Waals surface area (Å²) in [6.45, 7) is 5.46. The highest BCUT2D eigenvalue weighted by Crippen LogP contribution is 2.36. The molecule has 0 fully saturated rings. The van der Waals surface area contributed by atoms with Gasteiger partial charge in [0.1, 0.15) is 0 Å². The van der Waals surface area contributed by atoms with E-state index in [1.165, 1.54) is 24.8 Å². The first-order chi connectivity index (χ1) is 13.4. The van der Waals surface area contributed by atoms with Crippen molar-refractivity contribution in [2.45, 2.75) is 37.7 Å². The van der Waals surface area contributed by atoms with Crippen molar-refractivity contribution in [3.63, 3.8) is 0 Å². The Morgan fingerprint density at radius 1 is 1.25 bits per heavy atom. The minimum absolute atomic E-state index is 0.00815. The van der Waals surface area contributed by atoms with Crippen LogP contribution in [-0.4, -0.2) is 20.9 Å². The van der Waals surface area contributed by atoms with Crippen LogP contribution in [0.2, 0.25) is 0 Å². The van der Waals surface area contributed by atoms with Gasteiger partial charge in [-0.05, 0) is 43.5 Å². The van der Waals surface area contributed by atoms with Crippen LogP contribution in [0.1, 0.15) is 47.5 Å². The van der Waals surface area contributed by atoms with Crippen molar-refractivity contribution in [2.75, 3.05) is 0 Å². The summed E-state index contributed by atoms with van der Waals surface area (Å²) in [5, 5.41) is 19.5. The van der Waals surface area contributed by atoms with Crippen LogP contribution in [-0.2, 0) is 6.42 Å². The Morgan fingerprint density at radius 2 is 2.04 bits per heavy atom. The standard InChI is InChI=1S/C20H19N3O4S/c1-4-14-10-15(12(2)24)8-9-18(14)19-21-22-20(27-19)28-13(3)16-6-5-7-17(11-16)23(25)26/h5-11,13H,4H2,1-3H3. The number of benzene rings is 2. The summed E-state index contributed by atoms with van der Waals surface area (Å²) in [5.74, 6) is 0.398. The predicted octanol–water partition coefficient (Wildman–Crippen LogP) is 5.26. The van der Waals surface area contributed by atoms with Gasteiger partial charge in [-0.2, -0.15) is 0 Å². The van der Waals surface area contributed by atoms with Crippen molar-refractivity contribution < 1.29 is 14.1 Å². The number of rotatable bonds is 7. The zero-order valence-corrected chi connectivity index (χ0v) is 16.5. The molecule has 0 spiro atoms. The smallest absolute Gasteiger partial charge is 0.277 e. The van der Waals surface area contributed by atoms with Crippen LogP contribution >= 0.6 is 11.8 Å². The second-order valence-electron chi connectivity index (χ2n) is 6.27. The van der Waals surface area contributed by atoms with E-state index in [9.17, 15) is 14.9 Å². The SMILES string of the molecule is CCc1cc(C(C)=O)ccc1-c1nnc(SC(C)c2cccc([N+](=O)[O-])c2)o1. The molecule has 0 saturated heterocycles. The number of carbonyl (C=O) groups is 1. The van der Waals surface area contributed by atoms with Gasteiger partial charge in [-0.15, -0.1) is 10.2 Å². The minimum atomic E-state index is -0.414. The molecule has 0 aliphatic heterocycles. The van der Waals surface area contributed by atoms with Gasteiger partial charge in [-0.3, -0.25) is 14.9 Å². The molecule has 144 valence electrons. The number of Topliss-reactive ketones (excluding diaryl/α,β-unsaturated/α-hetero) is 1. The maximum atomic E-state index is 11.6. The van der Waals surface area contributed by atoms with Gasteiger partial charge in [-0.1, -0.05) is 36.9 Å². The van der Waals surface area contributed by atoms with Gasteiger partial charge in [0, 0.05) is 28.5 Å². The van der Waals surface area contributed by atoms with E-state index in [-0.39, 0.29) is 16.7 Å². The zero-order valence-electron chi connectivity index (χ0n) is 15.7. The second-order valence-corrected chi connectivity index (χ2v) is 7.56. The Labute approximate surface area is 166 Å². The number of hydrogen-bond donors (Lipinski definition) is 0. The molecule has 0 radical (unpaired) electrons. The molecule has 1 unspecified atom stereocenters. The summed E-state index contributed by atoms with van der Waals surface area (Å²) in [6, 6.07) is 11.9. The fraction of sp³-hybridized carbons (Fsp3) is 0.250. The Morgan fingerprint density at radius 3 is 2.71 bits per heavy atom. The molecule has 1 aromatic heterocycles. The van der Waals surface area contributed by atoms with E-state index in [2.05, 4.69) is 10.2 Å². The number of aromatic nitrogens is 2. The number of hydrogen-bond acceptors (Lipinski definition) is 7. The molecule has 7 nitrogen and oxygen atoms in total. The van der Waals surface area contributed by atoms with E-state index < -0.39 is 4.92 Å². The second kappa shape index (κ2) is 8.35. The number of non-ortho nitro benzene ring substituents is 1. The van der Waals surface area contributed by atoms with Gasteiger partial charge >= 0.3 is 0 Å².